The van der Waals surface area contributed by atoms with Crippen LogP contribution >= 0.6 is 0 Å². The van der Waals surface area contributed by atoms with Crippen molar-refractivity contribution in [1.29, 1.82) is 5.26 Å². The molecule has 0 fully saturated rings. The molecule has 0 aliphatic carbocycles. The van der Waals surface area contributed by atoms with E-state index in [2.05, 4.69) is 21.8 Å². The summed E-state index contributed by atoms with van der Waals surface area (Å²) in [6.45, 7) is 11.5. The molecule has 2 N–H and O–H groups in total. The molecule has 1 rings (SSSR count). The van der Waals surface area contributed by atoms with Crippen LogP contribution < -0.4 is 10.6 Å². The van der Waals surface area contributed by atoms with E-state index in [0.29, 0.717) is 0 Å². The third-order valence-corrected chi connectivity index (χ3v) is 4.34. The molecule has 1 amide bonds. The van der Waals surface area contributed by atoms with Gasteiger partial charge in [-0.25, -0.2) is 0 Å². The number of hydrogen-bond acceptors (Lipinski definition) is 4. The molecule has 122 valence electrons. The number of hydrogen-bond donors (Lipinski definition) is 2. The molecule has 0 aliphatic heterocycles. The summed E-state index contributed by atoms with van der Waals surface area (Å²) in [5.74, 6) is -0.133. The number of carbonyl (C=O) groups excluding carboxylic acids is 1. The summed E-state index contributed by atoms with van der Waals surface area (Å²) in [5, 5.41) is 19.6. The van der Waals surface area contributed by atoms with E-state index in [4.69, 9.17) is 0 Å². The van der Waals surface area contributed by atoms with Gasteiger partial charge in [0.2, 0.25) is 5.91 Å². The SMILES string of the molecule is CC(NC(C)C(C)n1cccn1)C(=O)NC(C)(C#N)C(C)C. The molecule has 0 saturated carbocycles. The highest BCUT2D eigenvalue weighted by molar-refractivity contribution is 5.82. The largest absolute Gasteiger partial charge is 0.336 e. The Kier molecular flexibility index (Phi) is 6.12. The lowest BCUT2D eigenvalue weighted by Gasteiger charge is -2.30. The molecule has 0 radical (unpaired) electrons. The Hall–Kier alpha value is -1.87. The highest BCUT2D eigenvalue weighted by Crippen LogP contribution is 2.15. The van der Waals surface area contributed by atoms with Crippen LogP contribution in [0.1, 0.15) is 47.6 Å². The van der Waals surface area contributed by atoms with Crippen molar-refractivity contribution in [3.05, 3.63) is 18.5 Å². The van der Waals surface area contributed by atoms with Crippen LogP contribution in [0.2, 0.25) is 0 Å². The van der Waals surface area contributed by atoms with E-state index in [9.17, 15) is 10.1 Å². The molecular formula is C16H27N5O. The number of amides is 1. The van der Waals surface area contributed by atoms with E-state index in [-0.39, 0.29) is 30.0 Å². The van der Waals surface area contributed by atoms with Gasteiger partial charge < -0.3 is 10.6 Å². The lowest BCUT2D eigenvalue weighted by Crippen LogP contribution is -2.56. The summed E-state index contributed by atoms with van der Waals surface area (Å²) >= 11 is 0. The lowest BCUT2D eigenvalue weighted by atomic mass is 9.90. The summed E-state index contributed by atoms with van der Waals surface area (Å²) in [7, 11) is 0. The summed E-state index contributed by atoms with van der Waals surface area (Å²) in [6, 6.07) is 3.86. The Labute approximate surface area is 132 Å². The standard InChI is InChI=1S/C16H27N5O/c1-11(2)16(6,10-17)20-15(22)13(4)19-12(3)14(5)21-9-7-8-18-21/h7-9,11-14,19H,1-6H3,(H,20,22). The first kappa shape index (κ1) is 18.2. The molecule has 4 atom stereocenters. The monoisotopic (exact) mass is 305 g/mol. The fourth-order valence-corrected chi connectivity index (χ4v) is 2.03. The molecule has 6 nitrogen and oxygen atoms in total. The second kappa shape index (κ2) is 7.41. The molecule has 0 spiro atoms. The number of nitrogens with zero attached hydrogens (tertiary/aromatic N) is 3. The zero-order valence-corrected chi connectivity index (χ0v) is 14.3. The molecule has 6 heteroatoms. The quantitative estimate of drug-likeness (QED) is 0.805. The summed E-state index contributed by atoms with van der Waals surface area (Å²) in [4.78, 5) is 12.3. The number of nitrogens with one attached hydrogen (secondary N) is 2. The van der Waals surface area contributed by atoms with Gasteiger partial charge in [0.1, 0.15) is 5.54 Å². The number of rotatable bonds is 7. The highest BCUT2D eigenvalue weighted by atomic mass is 16.2. The molecular weight excluding hydrogens is 278 g/mol. The maximum Gasteiger partial charge on any atom is 0.238 e. The van der Waals surface area contributed by atoms with E-state index in [1.54, 1.807) is 20.0 Å². The van der Waals surface area contributed by atoms with Gasteiger partial charge in [0.05, 0.1) is 18.2 Å². The zero-order valence-electron chi connectivity index (χ0n) is 14.3. The molecule has 1 aromatic rings. The summed E-state index contributed by atoms with van der Waals surface area (Å²) in [6.07, 6.45) is 3.64. The molecule has 0 aliphatic rings. The summed E-state index contributed by atoms with van der Waals surface area (Å²) < 4.78 is 1.86. The smallest absolute Gasteiger partial charge is 0.238 e. The predicted molar refractivity (Wildman–Crippen MR) is 86.0 cm³/mol. The van der Waals surface area contributed by atoms with Crippen LogP contribution in [0.4, 0.5) is 0 Å². The first-order valence-electron chi connectivity index (χ1n) is 7.69. The normalized spacial score (nSPS) is 18.1. The third kappa shape index (κ3) is 4.31. The average molecular weight is 305 g/mol. The minimum absolute atomic E-state index is 0.0362. The first-order valence-corrected chi connectivity index (χ1v) is 7.69. The Morgan fingerprint density at radius 1 is 1.32 bits per heavy atom. The van der Waals surface area contributed by atoms with Crippen LogP contribution in [0.25, 0.3) is 0 Å². The van der Waals surface area contributed by atoms with Crippen LogP contribution in [0.3, 0.4) is 0 Å². The minimum Gasteiger partial charge on any atom is -0.336 e. The first-order chi connectivity index (χ1) is 10.2. The van der Waals surface area contributed by atoms with Gasteiger partial charge in [0, 0.05) is 18.4 Å². The molecule has 1 heterocycles. The van der Waals surface area contributed by atoms with Crippen molar-refractivity contribution in [2.24, 2.45) is 5.92 Å². The predicted octanol–water partition coefficient (Wildman–Crippen LogP) is 1.87. The fraction of sp³-hybridized carbons (Fsp3) is 0.688. The van der Waals surface area contributed by atoms with Gasteiger partial charge in [-0.05, 0) is 39.7 Å². The van der Waals surface area contributed by atoms with Crippen molar-refractivity contribution in [2.75, 3.05) is 0 Å². The lowest BCUT2D eigenvalue weighted by molar-refractivity contribution is -0.124. The minimum atomic E-state index is -0.857. The number of nitriles is 1. The molecule has 0 saturated heterocycles. The van der Waals surface area contributed by atoms with Gasteiger partial charge >= 0.3 is 0 Å². The Morgan fingerprint density at radius 3 is 2.41 bits per heavy atom. The Balaban J connectivity index is 2.63. The molecule has 1 aromatic heterocycles. The van der Waals surface area contributed by atoms with Gasteiger partial charge in [-0.3, -0.25) is 9.48 Å². The van der Waals surface area contributed by atoms with Crippen molar-refractivity contribution < 1.29 is 4.79 Å². The molecule has 4 unspecified atom stereocenters. The van der Waals surface area contributed by atoms with Crippen LogP contribution in [-0.2, 0) is 4.79 Å². The van der Waals surface area contributed by atoms with Crippen molar-refractivity contribution in [1.82, 2.24) is 20.4 Å². The van der Waals surface area contributed by atoms with Gasteiger partial charge in [-0.15, -0.1) is 0 Å². The third-order valence-electron chi connectivity index (χ3n) is 4.34. The van der Waals surface area contributed by atoms with Crippen molar-refractivity contribution in [2.45, 2.75) is 65.2 Å². The van der Waals surface area contributed by atoms with Crippen molar-refractivity contribution in [3.8, 4) is 6.07 Å². The van der Waals surface area contributed by atoms with Crippen molar-refractivity contribution >= 4 is 5.91 Å². The summed E-state index contributed by atoms with van der Waals surface area (Å²) in [5.41, 5.74) is -0.857. The van der Waals surface area contributed by atoms with Crippen LogP contribution in [0, 0.1) is 17.2 Å². The second-order valence-electron chi connectivity index (χ2n) is 6.36. The van der Waals surface area contributed by atoms with Crippen LogP contribution in [0.5, 0.6) is 0 Å². The van der Waals surface area contributed by atoms with E-state index in [1.807, 2.05) is 44.6 Å². The van der Waals surface area contributed by atoms with E-state index >= 15 is 0 Å². The number of carbonyl (C=O) groups is 1. The maximum atomic E-state index is 12.3. The van der Waals surface area contributed by atoms with Gasteiger partial charge in [0.15, 0.2) is 0 Å². The van der Waals surface area contributed by atoms with Gasteiger partial charge in [0.25, 0.3) is 0 Å². The fourth-order valence-electron chi connectivity index (χ4n) is 2.03. The Bertz CT molecular complexity index is 519. The average Bonchev–Trinajstić information content (AvgIpc) is 2.99. The van der Waals surface area contributed by atoms with Crippen molar-refractivity contribution in [3.63, 3.8) is 0 Å². The highest BCUT2D eigenvalue weighted by Gasteiger charge is 2.32. The van der Waals surface area contributed by atoms with E-state index in [1.165, 1.54) is 0 Å². The number of aromatic nitrogens is 2. The van der Waals surface area contributed by atoms with E-state index in [0.717, 1.165) is 0 Å². The van der Waals surface area contributed by atoms with Gasteiger partial charge in [-0.1, -0.05) is 13.8 Å². The van der Waals surface area contributed by atoms with E-state index < -0.39 is 5.54 Å². The Morgan fingerprint density at radius 2 is 1.95 bits per heavy atom. The second-order valence-corrected chi connectivity index (χ2v) is 6.36. The van der Waals surface area contributed by atoms with Crippen LogP contribution in [-0.4, -0.2) is 33.3 Å². The topological polar surface area (TPSA) is 82.7 Å². The van der Waals surface area contributed by atoms with Gasteiger partial charge in [-0.2, -0.15) is 10.4 Å². The molecule has 22 heavy (non-hydrogen) atoms. The maximum absolute atomic E-state index is 12.3. The molecule has 0 bridgehead atoms. The van der Waals surface area contributed by atoms with Crippen LogP contribution in [0.15, 0.2) is 18.5 Å². The zero-order chi connectivity index (χ0) is 16.9. The molecule has 0 aromatic carbocycles.